The molecule has 0 bridgehead atoms. The minimum absolute atomic E-state index is 0.116. The van der Waals surface area contributed by atoms with Gasteiger partial charge < -0.3 is 10.6 Å². The standard InChI is InChI=1S/C13H16N6O2/c1-8-4-3-5-10(6-8)13(21)14-7-11(20)15-9(2)12-16-18-19-17-12/h3-6,9H,7H2,1-2H3,(H,14,21)(H,15,20)(H,16,17,18,19). The highest BCUT2D eigenvalue weighted by molar-refractivity contribution is 5.96. The molecule has 0 saturated carbocycles. The average Bonchev–Trinajstić information content (AvgIpc) is 2.99. The third-order valence-corrected chi connectivity index (χ3v) is 2.82. The lowest BCUT2D eigenvalue weighted by molar-refractivity contribution is -0.120. The van der Waals surface area contributed by atoms with E-state index in [0.717, 1.165) is 5.56 Å². The van der Waals surface area contributed by atoms with Gasteiger partial charge in [0.2, 0.25) is 5.91 Å². The van der Waals surface area contributed by atoms with Crippen molar-refractivity contribution in [2.45, 2.75) is 19.9 Å². The lowest BCUT2D eigenvalue weighted by atomic mass is 10.1. The number of rotatable bonds is 5. The molecule has 0 fully saturated rings. The molecule has 0 aliphatic carbocycles. The van der Waals surface area contributed by atoms with E-state index in [1.54, 1.807) is 25.1 Å². The van der Waals surface area contributed by atoms with E-state index in [1.165, 1.54) is 0 Å². The second kappa shape index (κ2) is 6.60. The first-order chi connectivity index (χ1) is 10.1. The predicted molar refractivity (Wildman–Crippen MR) is 74.2 cm³/mol. The zero-order valence-corrected chi connectivity index (χ0v) is 11.8. The highest BCUT2D eigenvalue weighted by Gasteiger charge is 2.14. The topological polar surface area (TPSA) is 113 Å². The van der Waals surface area contributed by atoms with E-state index in [-0.39, 0.29) is 24.4 Å². The lowest BCUT2D eigenvalue weighted by Gasteiger charge is -2.10. The van der Waals surface area contributed by atoms with Crippen molar-refractivity contribution in [3.8, 4) is 0 Å². The number of tetrazole rings is 1. The Morgan fingerprint density at radius 1 is 1.38 bits per heavy atom. The van der Waals surface area contributed by atoms with Crippen LogP contribution < -0.4 is 10.6 Å². The maximum absolute atomic E-state index is 11.9. The molecule has 1 aromatic heterocycles. The first kappa shape index (κ1) is 14.6. The average molecular weight is 288 g/mol. The molecule has 110 valence electrons. The van der Waals surface area contributed by atoms with Gasteiger partial charge in [0.05, 0.1) is 12.6 Å². The number of carbonyl (C=O) groups is 2. The van der Waals surface area contributed by atoms with Crippen molar-refractivity contribution in [2.75, 3.05) is 6.54 Å². The van der Waals surface area contributed by atoms with Crippen LogP contribution in [0.3, 0.4) is 0 Å². The van der Waals surface area contributed by atoms with E-state index in [0.29, 0.717) is 11.4 Å². The Kier molecular flexibility index (Phi) is 4.60. The van der Waals surface area contributed by atoms with Gasteiger partial charge >= 0.3 is 0 Å². The fraction of sp³-hybridized carbons (Fsp3) is 0.308. The SMILES string of the molecule is Cc1cccc(C(=O)NCC(=O)NC(C)c2nn[nH]n2)c1. The van der Waals surface area contributed by atoms with E-state index < -0.39 is 0 Å². The van der Waals surface area contributed by atoms with E-state index in [4.69, 9.17) is 0 Å². The zero-order valence-electron chi connectivity index (χ0n) is 11.8. The maximum atomic E-state index is 11.9. The third-order valence-electron chi connectivity index (χ3n) is 2.82. The summed E-state index contributed by atoms with van der Waals surface area (Å²) in [6.07, 6.45) is 0. The van der Waals surface area contributed by atoms with Crippen LogP contribution in [0, 0.1) is 6.92 Å². The highest BCUT2D eigenvalue weighted by atomic mass is 16.2. The second-order valence-corrected chi connectivity index (χ2v) is 4.61. The molecular formula is C13H16N6O2. The van der Waals surface area contributed by atoms with Crippen LogP contribution in [0.2, 0.25) is 0 Å². The van der Waals surface area contributed by atoms with Gasteiger partial charge in [-0.05, 0) is 26.0 Å². The zero-order chi connectivity index (χ0) is 15.2. The van der Waals surface area contributed by atoms with Gasteiger partial charge in [-0.3, -0.25) is 9.59 Å². The molecule has 0 aliphatic rings. The first-order valence-corrected chi connectivity index (χ1v) is 6.44. The quantitative estimate of drug-likeness (QED) is 0.723. The van der Waals surface area contributed by atoms with Crippen LogP contribution in [0.1, 0.15) is 34.7 Å². The fourth-order valence-corrected chi connectivity index (χ4v) is 1.76. The number of benzene rings is 1. The predicted octanol–water partition coefficient (Wildman–Crippen LogP) is 0.115. The fourth-order valence-electron chi connectivity index (χ4n) is 1.76. The molecule has 0 spiro atoms. The molecule has 8 nitrogen and oxygen atoms in total. The third kappa shape index (κ3) is 4.10. The normalized spacial score (nSPS) is 11.7. The number of carbonyl (C=O) groups excluding carboxylic acids is 2. The summed E-state index contributed by atoms with van der Waals surface area (Å²) in [4.78, 5) is 23.6. The summed E-state index contributed by atoms with van der Waals surface area (Å²) in [6, 6.07) is 6.77. The minimum Gasteiger partial charge on any atom is -0.345 e. The molecule has 21 heavy (non-hydrogen) atoms. The molecule has 8 heteroatoms. The van der Waals surface area contributed by atoms with Crippen molar-refractivity contribution < 1.29 is 9.59 Å². The summed E-state index contributed by atoms with van der Waals surface area (Å²) in [5.74, 6) is -0.234. The van der Waals surface area contributed by atoms with Gasteiger partial charge in [0.25, 0.3) is 5.91 Å². The lowest BCUT2D eigenvalue weighted by Crippen LogP contribution is -2.38. The summed E-state index contributed by atoms with van der Waals surface area (Å²) < 4.78 is 0. The van der Waals surface area contributed by atoms with Crippen LogP contribution in [-0.4, -0.2) is 39.0 Å². The number of hydrogen-bond donors (Lipinski definition) is 3. The van der Waals surface area contributed by atoms with Gasteiger partial charge in [0, 0.05) is 5.56 Å². The summed E-state index contributed by atoms with van der Waals surface area (Å²) in [6.45, 7) is 3.51. The number of H-pyrrole nitrogens is 1. The van der Waals surface area contributed by atoms with Crippen molar-refractivity contribution >= 4 is 11.8 Å². The van der Waals surface area contributed by atoms with Gasteiger partial charge in [-0.25, -0.2) is 0 Å². The van der Waals surface area contributed by atoms with Crippen LogP contribution in [-0.2, 0) is 4.79 Å². The molecule has 1 unspecified atom stereocenters. The number of aromatic amines is 1. The van der Waals surface area contributed by atoms with Crippen LogP contribution >= 0.6 is 0 Å². The molecule has 0 radical (unpaired) electrons. The molecule has 1 atom stereocenters. The van der Waals surface area contributed by atoms with Gasteiger partial charge in [-0.2, -0.15) is 5.21 Å². The molecular weight excluding hydrogens is 272 g/mol. The summed E-state index contributed by atoms with van der Waals surface area (Å²) in [5, 5.41) is 18.5. The Hall–Kier alpha value is -2.77. The highest BCUT2D eigenvalue weighted by Crippen LogP contribution is 2.04. The number of nitrogens with zero attached hydrogens (tertiary/aromatic N) is 3. The molecule has 3 N–H and O–H groups in total. The van der Waals surface area contributed by atoms with Gasteiger partial charge in [-0.15, -0.1) is 10.2 Å². The van der Waals surface area contributed by atoms with E-state index >= 15 is 0 Å². The Balaban J connectivity index is 1.82. The molecule has 2 amide bonds. The number of hydrogen-bond acceptors (Lipinski definition) is 5. The molecule has 2 aromatic rings. The van der Waals surface area contributed by atoms with Crippen molar-refractivity contribution in [3.05, 3.63) is 41.2 Å². The Morgan fingerprint density at radius 2 is 2.19 bits per heavy atom. The summed E-state index contributed by atoms with van der Waals surface area (Å²) >= 11 is 0. The van der Waals surface area contributed by atoms with Crippen molar-refractivity contribution in [1.29, 1.82) is 0 Å². The minimum atomic E-state index is -0.382. The first-order valence-electron chi connectivity index (χ1n) is 6.44. The largest absolute Gasteiger partial charge is 0.345 e. The van der Waals surface area contributed by atoms with Crippen molar-refractivity contribution in [1.82, 2.24) is 31.3 Å². The molecule has 0 saturated heterocycles. The molecule has 0 aliphatic heterocycles. The van der Waals surface area contributed by atoms with Crippen LogP contribution in [0.25, 0.3) is 0 Å². The Bertz CT molecular complexity index is 625. The molecule has 2 rings (SSSR count). The Labute approximate surface area is 121 Å². The van der Waals surface area contributed by atoms with Crippen molar-refractivity contribution in [2.24, 2.45) is 0 Å². The maximum Gasteiger partial charge on any atom is 0.251 e. The van der Waals surface area contributed by atoms with Gasteiger partial charge in [-0.1, -0.05) is 22.9 Å². The van der Waals surface area contributed by atoms with E-state index in [2.05, 4.69) is 31.3 Å². The second-order valence-electron chi connectivity index (χ2n) is 4.61. The molecule has 1 aromatic carbocycles. The number of amides is 2. The smallest absolute Gasteiger partial charge is 0.251 e. The number of aromatic nitrogens is 4. The van der Waals surface area contributed by atoms with Gasteiger partial charge in [0.1, 0.15) is 0 Å². The van der Waals surface area contributed by atoms with Crippen molar-refractivity contribution in [3.63, 3.8) is 0 Å². The van der Waals surface area contributed by atoms with Gasteiger partial charge in [0.15, 0.2) is 5.82 Å². The van der Waals surface area contributed by atoms with E-state index in [1.807, 2.05) is 13.0 Å². The summed E-state index contributed by atoms with van der Waals surface area (Å²) in [5.41, 5.74) is 1.51. The summed E-state index contributed by atoms with van der Waals surface area (Å²) in [7, 11) is 0. The van der Waals surface area contributed by atoms with Crippen LogP contribution in [0.5, 0.6) is 0 Å². The molecule has 1 heterocycles. The Morgan fingerprint density at radius 3 is 2.86 bits per heavy atom. The number of nitrogens with one attached hydrogen (secondary N) is 3. The van der Waals surface area contributed by atoms with Crippen LogP contribution in [0.15, 0.2) is 24.3 Å². The monoisotopic (exact) mass is 288 g/mol. The van der Waals surface area contributed by atoms with E-state index in [9.17, 15) is 9.59 Å². The van der Waals surface area contributed by atoms with Crippen LogP contribution in [0.4, 0.5) is 0 Å². The number of aryl methyl sites for hydroxylation is 1.